The van der Waals surface area contributed by atoms with E-state index in [-0.39, 0.29) is 22.5 Å². The first kappa shape index (κ1) is 16.9. The average molecular weight is 336 g/mol. The van der Waals surface area contributed by atoms with Gasteiger partial charge in [0.15, 0.2) is 0 Å². The van der Waals surface area contributed by atoms with Crippen LogP contribution in [0.15, 0.2) is 15.6 Å². The Morgan fingerprint density at radius 2 is 2.00 bits per heavy atom. The van der Waals surface area contributed by atoms with Gasteiger partial charge in [-0.25, -0.2) is 21.5 Å². The molecule has 0 bridgehead atoms. The van der Waals surface area contributed by atoms with Gasteiger partial charge in [-0.05, 0) is 19.8 Å². The molecule has 2 rings (SSSR count). The highest BCUT2D eigenvalue weighted by atomic mass is 32.2. The first-order chi connectivity index (χ1) is 10.1. The van der Waals surface area contributed by atoms with Gasteiger partial charge in [-0.1, -0.05) is 0 Å². The number of carbonyl (C=O) groups is 1. The number of carbonyl (C=O) groups excluding carboxylic acids is 1. The lowest BCUT2D eigenvalue weighted by Crippen LogP contribution is -2.37. The van der Waals surface area contributed by atoms with E-state index in [1.807, 2.05) is 0 Å². The van der Waals surface area contributed by atoms with Crippen LogP contribution in [0.25, 0.3) is 0 Å². The number of nitrogens with zero attached hydrogens (tertiary/aromatic N) is 2. The van der Waals surface area contributed by atoms with Crippen LogP contribution in [0.1, 0.15) is 29.0 Å². The van der Waals surface area contributed by atoms with E-state index >= 15 is 0 Å². The van der Waals surface area contributed by atoms with Gasteiger partial charge in [0.2, 0.25) is 5.09 Å². The fourth-order valence-corrected chi connectivity index (χ4v) is 2.92. The van der Waals surface area contributed by atoms with E-state index < -0.39 is 28.9 Å². The van der Waals surface area contributed by atoms with Crippen LogP contribution in [0, 0.1) is 6.92 Å². The number of alkyl halides is 2. The summed E-state index contributed by atoms with van der Waals surface area (Å²) in [5.41, 5.74) is 0.00738. The Morgan fingerprint density at radius 3 is 2.45 bits per heavy atom. The molecule has 0 radical (unpaired) electrons. The third-order valence-corrected chi connectivity index (χ3v) is 5.11. The molecule has 1 heterocycles. The Morgan fingerprint density at radius 1 is 1.41 bits per heavy atom. The molecule has 1 amide bonds. The number of hydrogen-bond donors (Lipinski definition) is 0. The summed E-state index contributed by atoms with van der Waals surface area (Å²) in [6.07, 6.45) is -1.28. The second-order valence-electron chi connectivity index (χ2n) is 5.40. The summed E-state index contributed by atoms with van der Waals surface area (Å²) < 4.78 is 55.4. The number of furan rings is 1. The SMILES string of the molecule is Cc1oc(S(=O)(=O)N(C)C)cc1C(=O)N(CC(F)F)C1CC1. The van der Waals surface area contributed by atoms with Crippen LogP contribution in [0.5, 0.6) is 0 Å². The second-order valence-corrected chi connectivity index (χ2v) is 7.49. The van der Waals surface area contributed by atoms with Crippen molar-refractivity contribution in [2.24, 2.45) is 0 Å². The molecule has 1 aromatic rings. The minimum atomic E-state index is -3.82. The molecule has 124 valence electrons. The lowest BCUT2D eigenvalue weighted by Gasteiger charge is -2.21. The van der Waals surface area contributed by atoms with Crippen molar-refractivity contribution in [2.45, 2.75) is 37.3 Å². The maximum absolute atomic E-state index is 12.6. The number of amides is 1. The van der Waals surface area contributed by atoms with Gasteiger partial charge in [0.25, 0.3) is 22.4 Å². The second kappa shape index (κ2) is 5.96. The van der Waals surface area contributed by atoms with Crippen LogP contribution < -0.4 is 0 Å². The highest BCUT2D eigenvalue weighted by molar-refractivity contribution is 7.88. The number of sulfonamides is 1. The molecule has 0 atom stereocenters. The molecule has 1 aromatic heterocycles. The van der Waals surface area contributed by atoms with Gasteiger partial charge >= 0.3 is 0 Å². The van der Waals surface area contributed by atoms with E-state index in [1.54, 1.807) is 0 Å². The molecule has 0 unspecified atom stereocenters. The van der Waals surface area contributed by atoms with E-state index in [0.29, 0.717) is 12.8 Å². The lowest BCUT2D eigenvalue weighted by atomic mass is 10.2. The molecule has 9 heteroatoms. The lowest BCUT2D eigenvalue weighted by molar-refractivity contribution is 0.0532. The van der Waals surface area contributed by atoms with Crippen molar-refractivity contribution in [3.05, 3.63) is 17.4 Å². The molecular weight excluding hydrogens is 318 g/mol. The Hall–Kier alpha value is -1.48. The number of aryl methyl sites for hydroxylation is 1. The molecular formula is C13H18F2N2O4S. The summed E-state index contributed by atoms with van der Waals surface area (Å²) >= 11 is 0. The van der Waals surface area contributed by atoms with Gasteiger partial charge in [0.1, 0.15) is 5.76 Å². The Bertz CT molecular complexity index is 666. The number of rotatable bonds is 6. The van der Waals surface area contributed by atoms with Crippen molar-refractivity contribution in [3.8, 4) is 0 Å². The van der Waals surface area contributed by atoms with Gasteiger partial charge < -0.3 is 9.32 Å². The van der Waals surface area contributed by atoms with Crippen molar-refractivity contribution in [2.75, 3.05) is 20.6 Å². The molecule has 1 fully saturated rings. The van der Waals surface area contributed by atoms with E-state index in [2.05, 4.69) is 0 Å². The first-order valence-electron chi connectivity index (χ1n) is 6.76. The zero-order chi connectivity index (χ0) is 16.7. The van der Waals surface area contributed by atoms with E-state index in [4.69, 9.17) is 4.42 Å². The monoisotopic (exact) mass is 336 g/mol. The zero-order valence-electron chi connectivity index (χ0n) is 12.5. The van der Waals surface area contributed by atoms with Gasteiger partial charge in [-0.15, -0.1) is 0 Å². The van der Waals surface area contributed by atoms with Crippen LogP contribution in [0.2, 0.25) is 0 Å². The van der Waals surface area contributed by atoms with E-state index in [9.17, 15) is 22.0 Å². The third kappa shape index (κ3) is 3.30. The molecule has 0 saturated heterocycles. The highest BCUT2D eigenvalue weighted by Gasteiger charge is 2.36. The molecule has 0 N–H and O–H groups in total. The summed E-state index contributed by atoms with van der Waals surface area (Å²) in [6, 6.07) is 0.901. The van der Waals surface area contributed by atoms with Crippen molar-refractivity contribution in [3.63, 3.8) is 0 Å². The smallest absolute Gasteiger partial charge is 0.275 e. The third-order valence-electron chi connectivity index (χ3n) is 3.44. The molecule has 1 aliphatic carbocycles. The number of hydrogen-bond acceptors (Lipinski definition) is 4. The standard InChI is InChI=1S/C13H18F2N2O4S/c1-8-10(6-12(21-8)22(19,20)16(2)3)13(18)17(7-11(14)15)9-4-5-9/h6,9,11H,4-5,7H2,1-3H3. The van der Waals surface area contributed by atoms with Crippen LogP contribution >= 0.6 is 0 Å². The predicted octanol–water partition coefficient (Wildman–Crippen LogP) is 1.71. The zero-order valence-corrected chi connectivity index (χ0v) is 13.4. The van der Waals surface area contributed by atoms with Crippen LogP contribution in [-0.4, -0.2) is 56.6 Å². The highest BCUT2D eigenvalue weighted by Crippen LogP contribution is 2.31. The average Bonchev–Trinajstić information content (AvgIpc) is 3.17. The maximum atomic E-state index is 12.6. The van der Waals surface area contributed by atoms with Crippen molar-refractivity contribution < 1.29 is 26.4 Å². The summed E-state index contributed by atoms with van der Waals surface area (Å²) in [4.78, 5) is 13.5. The fourth-order valence-electron chi connectivity index (χ4n) is 2.06. The molecule has 1 aliphatic rings. The number of halogens is 2. The molecule has 0 aromatic carbocycles. The Kier molecular flexibility index (Phi) is 4.57. The maximum Gasteiger partial charge on any atom is 0.275 e. The first-order valence-corrected chi connectivity index (χ1v) is 8.20. The quantitative estimate of drug-likeness (QED) is 0.793. The van der Waals surface area contributed by atoms with Gasteiger partial charge in [-0.2, -0.15) is 0 Å². The predicted molar refractivity (Wildman–Crippen MR) is 74.4 cm³/mol. The largest absolute Gasteiger partial charge is 0.448 e. The Balaban J connectivity index is 2.32. The minimum Gasteiger partial charge on any atom is -0.448 e. The summed E-state index contributed by atoms with van der Waals surface area (Å²) in [6.45, 7) is 0.777. The topological polar surface area (TPSA) is 70.8 Å². The molecule has 22 heavy (non-hydrogen) atoms. The van der Waals surface area contributed by atoms with Gasteiger partial charge in [0, 0.05) is 26.2 Å². The van der Waals surface area contributed by atoms with Crippen LogP contribution in [-0.2, 0) is 10.0 Å². The molecule has 0 spiro atoms. The van der Waals surface area contributed by atoms with Gasteiger partial charge in [-0.3, -0.25) is 4.79 Å². The van der Waals surface area contributed by atoms with E-state index in [1.165, 1.54) is 21.0 Å². The van der Waals surface area contributed by atoms with Crippen LogP contribution in [0.3, 0.4) is 0 Å². The van der Waals surface area contributed by atoms with Crippen molar-refractivity contribution in [1.29, 1.82) is 0 Å². The van der Waals surface area contributed by atoms with Crippen molar-refractivity contribution in [1.82, 2.24) is 9.21 Å². The molecule has 6 nitrogen and oxygen atoms in total. The molecule has 0 aliphatic heterocycles. The Labute approximate surface area is 127 Å². The van der Waals surface area contributed by atoms with Gasteiger partial charge in [0.05, 0.1) is 12.1 Å². The summed E-state index contributed by atoms with van der Waals surface area (Å²) in [5.74, 6) is -0.519. The van der Waals surface area contributed by atoms with Crippen molar-refractivity contribution >= 4 is 15.9 Å². The summed E-state index contributed by atoms with van der Waals surface area (Å²) in [5, 5.41) is -0.369. The fraction of sp³-hybridized carbons (Fsp3) is 0.615. The summed E-state index contributed by atoms with van der Waals surface area (Å²) in [7, 11) is -1.15. The van der Waals surface area contributed by atoms with Crippen LogP contribution in [0.4, 0.5) is 8.78 Å². The van der Waals surface area contributed by atoms with E-state index in [0.717, 1.165) is 15.3 Å². The minimum absolute atomic E-state index is 0.00738. The normalized spacial score (nSPS) is 15.6. The molecule has 1 saturated carbocycles.